The van der Waals surface area contributed by atoms with Crippen molar-refractivity contribution in [3.8, 4) is 6.07 Å². The van der Waals surface area contributed by atoms with Gasteiger partial charge in [0.15, 0.2) is 5.13 Å². The first-order chi connectivity index (χ1) is 6.31. The molecule has 13 heavy (non-hydrogen) atoms. The highest BCUT2D eigenvalue weighted by Crippen LogP contribution is 2.26. The van der Waals surface area contributed by atoms with Gasteiger partial charge in [-0.3, -0.25) is 0 Å². The Morgan fingerprint density at radius 1 is 1.54 bits per heavy atom. The maximum Gasteiger partial charge on any atom is 0.181 e. The molecule has 0 aliphatic heterocycles. The average Bonchev–Trinajstić information content (AvgIpc) is 2.47. The van der Waals surface area contributed by atoms with E-state index in [0.29, 0.717) is 11.6 Å². The van der Waals surface area contributed by atoms with Gasteiger partial charge in [0.1, 0.15) is 0 Å². The molecule has 2 N–H and O–H groups in total. The molecule has 0 radical (unpaired) electrons. The van der Waals surface area contributed by atoms with Gasteiger partial charge in [0.2, 0.25) is 0 Å². The minimum Gasteiger partial charge on any atom is -0.375 e. The number of aromatic nitrogens is 1. The summed E-state index contributed by atoms with van der Waals surface area (Å²) in [4.78, 5) is 4.18. The fourth-order valence-corrected chi connectivity index (χ4v) is 2.03. The lowest BCUT2D eigenvalue weighted by Gasteiger charge is -1.93. The van der Waals surface area contributed by atoms with Crippen molar-refractivity contribution in [1.82, 2.24) is 4.98 Å². The van der Waals surface area contributed by atoms with E-state index in [2.05, 4.69) is 11.1 Å². The third kappa shape index (κ3) is 1.34. The molecule has 0 atom stereocenters. The molecule has 1 aromatic carbocycles. The van der Waals surface area contributed by atoms with E-state index in [1.165, 1.54) is 11.3 Å². The van der Waals surface area contributed by atoms with Crippen LogP contribution >= 0.6 is 11.3 Å². The first kappa shape index (κ1) is 8.02. The number of anilines is 1. The molecule has 0 aliphatic rings. The van der Waals surface area contributed by atoms with E-state index in [0.717, 1.165) is 15.8 Å². The molecule has 3 nitrogen and oxygen atoms in total. The van der Waals surface area contributed by atoms with E-state index in [1.54, 1.807) is 0 Å². The lowest BCUT2D eigenvalue weighted by atomic mass is 10.1. The summed E-state index contributed by atoms with van der Waals surface area (Å²) < 4.78 is 1.05. The Kier molecular flexibility index (Phi) is 1.87. The summed E-state index contributed by atoms with van der Waals surface area (Å²) in [5, 5.41) is 9.14. The van der Waals surface area contributed by atoms with Gasteiger partial charge in [0.25, 0.3) is 0 Å². The third-order valence-electron chi connectivity index (χ3n) is 1.79. The summed E-state index contributed by atoms with van der Waals surface area (Å²) in [5.74, 6) is 0. The van der Waals surface area contributed by atoms with Gasteiger partial charge in [-0.2, -0.15) is 5.26 Å². The topological polar surface area (TPSA) is 62.7 Å². The molecule has 0 fully saturated rings. The standard InChI is InChI=1S/C9H7N3S/c10-5-4-6-2-1-3-7-8(6)12-9(11)13-7/h1-3H,4H2,(H2,11,12). The predicted octanol–water partition coefficient (Wildman–Crippen LogP) is 1.94. The van der Waals surface area contributed by atoms with Gasteiger partial charge in [0.05, 0.1) is 22.7 Å². The highest BCUT2D eigenvalue weighted by atomic mass is 32.1. The van der Waals surface area contributed by atoms with E-state index in [9.17, 15) is 0 Å². The summed E-state index contributed by atoms with van der Waals surface area (Å²) in [5.41, 5.74) is 7.40. The Morgan fingerprint density at radius 2 is 2.38 bits per heavy atom. The van der Waals surface area contributed by atoms with Gasteiger partial charge < -0.3 is 5.73 Å². The smallest absolute Gasteiger partial charge is 0.181 e. The van der Waals surface area contributed by atoms with Crippen molar-refractivity contribution in [2.75, 3.05) is 5.73 Å². The zero-order valence-corrected chi connectivity index (χ0v) is 7.64. The molecule has 0 saturated heterocycles. The van der Waals surface area contributed by atoms with E-state index in [4.69, 9.17) is 11.0 Å². The molecule has 0 unspecified atom stereocenters. The predicted molar refractivity (Wildman–Crippen MR) is 53.3 cm³/mol. The lowest BCUT2D eigenvalue weighted by Crippen LogP contribution is -1.84. The number of nitriles is 1. The lowest BCUT2D eigenvalue weighted by molar-refractivity contribution is 1.27. The molecular weight excluding hydrogens is 182 g/mol. The fraction of sp³-hybridized carbons (Fsp3) is 0.111. The molecule has 0 aliphatic carbocycles. The maximum atomic E-state index is 8.58. The monoisotopic (exact) mass is 189 g/mol. The van der Waals surface area contributed by atoms with Crippen molar-refractivity contribution in [1.29, 1.82) is 5.26 Å². The number of para-hydroxylation sites is 1. The molecule has 4 heteroatoms. The second-order valence-corrected chi connectivity index (χ2v) is 3.71. The van der Waals surface area contributed by atoms with E-state index in [-0.39, 0.29) is 0 Å². The highest BCUT2D eigenvalue weighted by molar-refractivity contribution is 7.22. The Bertz CT molecular complexity index is 481. The largest absolute Gasteiger partial charge is 0.375 e. The van der Waals surface area contributed by atoms with Crippen molar-refractivity contribution in [2.24, 2.45) is 0 Å². The van der Waals surface area contributed by atoms with Crippen LogP contribution in [0.15, 0.2) is 18.2 Å². The highest BCUT2D eigenvalue weighted by Gasteiger charge is 2.04. The number of benzene rings is 1. The molecule has 0 amide bonds. The van der Waals surface area contributed by atoms with E-state index < -0.39 is 0 Å². The number of hydrogen-bond acceptors (Lipinski definition) is 4. The Balaban J connectivity index is 2.69. The average molecular weight is 189 g/mol. The molecule has 2 rings (SSSR count). The maximum absolute atomic E-state index is 8.58. The van der Waals surface area contributed by atoms with Crippen molar-refractivity contribution >= 4 is 26.7 Å². The summed E-state index contributed by atoms with van der Waals surface area (Å²) in [6.45, 7) is 0. The van der Waals surface area contributed by atoms with Crippen molar-refractivity contribution in [3.05, 3.63) is 23.8 Å². The molecule has 1 heterocycles. The summed E-state index contributed by atoms with van der Waals surface area (Å²) in [7, 11) is 0. The van der Waals surface area contributed by atoms with Crippen LogP contribution in [0.25, 0.3) is 10.2 Å². The van der Waals surface area contributed by atoms with Crippen LogP contribution in [0.4, 0.5) is 5.13 Å². The Labute approximate surface area is 79.4 Å². The molecule has 1 aromatic heterocycles. The second kappa shape index (κ2) is 3.04. The number of nitrogen functional groups attached to an aromatic ring is 1. The van der Waals surface area contributed by atoms with E-state index >= 15 is 0 Å². The van der Waals surface area contributed by atoms with Gasteiger partial charge in [-0.05, 0) is 11.6 Å². The van der Waals surface area contributed by atoms with Crippen LogP contribution < -0.4 is 5.73 Å². The van der Waals surface area contributed by atoms with Crippen LogP contribution in [0.5, 0.6) is 0 Å². The molecular formula is C9H7N3S. The minimum atomic E-state index is 0.389. The van der Waals surface area contributed by atoms with Crippen LogP contribution in [0.1, 0.15) is 5.56 Å². The Hall–Kier alpha value is -1.60. The summed E-state index contributed by atoms with van der Waals surface area (Å²) >= 11 is 1.45. The van der Waals surface area contributed by atoms with Gasteiger partial charge in [-0.15, -0.1) is 0 Å². The van der Waals surface area contributed by atoms with Crippen LogP contribution in [0.3, 0.4) is 0 Å². The van der Waals surface area contributed by atoms with Crippen LogP contribution in [0.2, 0.25) is 0 Å². The van der Waals surface area contributed by atoms with Gasteiger partial charge >= 0.3 is 0 Å². The number of nitrogens with two attached hydrogens (primary N) is 1. The zero-order chi connectivity index (χ0) is 9.26. The molecule has 2 aromatic rings. The van der Waals surface area contributed by atoms with Crippen molar-refractivity contribution < 1.29 is 0 Å². The fourth-order valence-electron chi connectivity index (χ4n) is 1.25. The van der Waals surface area contributed by atoms with Gasteiger partial charge in [0, 0.05) is 0 Å². The van der Waals surface area contributed by atoms with Crippen molar-refractivity contribution in [2.45, 2.75) is 6.42 Å². The number of thiazole rings is 1. The third-order valence-corrected chi connectivity index (χ3v) is 2.64. The van der Waals surface area contributed by atoms with Crippen LogP contribution in [0, 0.1) is 11.3 Å². The Morgan fingerprint density at radius 3 is 3.15 bits per heavy atom. The summed E-state index contributed by atoms with van der Waals surface area (Å²) in [6, 6.07) is 7.90. The first-order valence-electron chi connectivity index (χ1n) is 3.82. The number of fused-ring (bicyclic) bond motifs is 1. The number of hydrogen-bond donors (Lipinski definition) is 1. The SMILES string of the molecule is N#CCc1cccc2sc(N)nc12. The molecule has 64 valence electrons. The molecule has 0 bridgehead atoms. The number of nitrogens with zero attached hydrogens (tertiary/aromatic N) is 2. The second-order valence-electron chi connectivity index (χ2n) is 2.65. The van der Waals surface area contributed by atoms with E-state index in [1.807, 2.05) is 18.2 Å². The quantitative estimate of drug-likeness (QED) is 0.745. The van der Waals surface area contributed by atoms with Crippen LogP contribution in [-0.4, -0.2) is 4.98 Å². The minimum absolute atomic E-state index is 0.389. The van der Waals surface area contributed by atoms with Crippen molar-refractivity contribution in [3.63, 3.8) is 0 Å². The van der Waals surface area contributed by atoms with Gasteiger partial charge in [-0.1, -0.05) is 23.5 Å². The molecule has 0 saturated carbocycles. The zero-order valence-electron chi connectivity index (χ0n) is 6.82. The first-order valence-corrected chi connectivity index (χ1v) is 4.64. The van der Waals surface area contributed by atoms with Crippen LogP contribution in [-0.2, 0) is 6.42 Å². The normalized spacial score (nSPS) is 10.1. The molecule has 0 spiro atoms. The van der Waals surface area contributed by atoms with Gasteiger partial charge in [-0.25, -0.2) is 4.98 Å². The summed E-state index contributed by atoms with van der Waals surface area (Å²) in [6.07, 6.45) is 0.389. The number of rotatable bonds is 1.